The number of nitrogen functional groups attached to an aromatic ring is 1. The summed E-state index contributed by atoms with van der Waals surface area (Å²) < 4.78 is 5.33. The summed E-state index contributed by atoms with van der Waals surface area (Å²) in [7, 11) is 6.97. The highest BCUT2D eigenvalue weighted by atomic mass is 32.1. The maximum absolute atomic E-state index is 12.0. The van der Waals surface area contributed by atoms with Gasteiger partial charge in [0.25, 0.3) is 5.91 Å². The minimum Gasteiger partial charge on any atom is -0.492 e. The largest absolute Gasteiger partial charge is 0.492 e. The number of carbonyl (C=O) groups is 1. The van der Waals surface area contributed by atoms with Crippen molar-refractivity contribution in [2.24, 2.45) is 0 Å². The molecular formula is C12H21N3O2S. The van der Waals surface area contributed by atoms with Crippen LogP contribution in [0.4, 0.5) is 10.7 Å². The van der Waals surface area contributed by atoms with Gasteiger partial charge >= 0.3 is 0 Å². The number of anilines is 2. The molecule has 0 saturated carbocycles. The van der Waals surface area contributed by atoms with Gasteiger partial charge in [-0.3, -0.25) is 4.79 Å². The van der Waals surface area contributed by atoms with E-state index in [1.54, 1.807) is 21.2 Å². The number of nitrogens with zero attached hydrogens (tertiary/aromatic N) is 2. The van der Waals surface area contributed by atoms with Crippen LogP contribution in [-0.2, 0) is 0 Å². The maximum Gasteiger partial charge on any atom is 0.265 e. The fourth-order valence-electron chi connectivity index (χ4n) is 1.66. The Balaban J connectivity index is 3.20. The average molecular weight is 271 g/mol. The van der Waals surface area contributed by atoms with Gasteiger partial charge < -0.3 is 20.3 Å². The first-order chi connectivity index (χ1) is 8.43. The number of hydrogen-bond acceptors (Lipinski definition) is 5. The van der Waals surface area contributed by atoms with Gasteiger partial charge in [-0.1, -0.05) is 6.92 Å². The van der Waals surface area contributed by atoms with Crippen molar-refractivity contribution in [3.63, 3.8) is 0 Å². The lowest BCUT2D eigenvalue weighted by molar-refractivity contribution is 0.0833. The molecule has 0 fully saturated rings. The number of carbonyl (C=O) groups excluding carboxylic acids is 1. The lowest BCUT2D eigenvalue weighted by Crippen LogP contribution is -2.21. The molecule has 0 unspecified atom stereocenters. The van der Waals surface area contributed by atoms with Gasteiger partial charge in [0.2, 0.25) is 0 Å². The Kier molecular flexibility index (Phi) is 4.84. The monoisotopic (exact) mass is 271 g/mol. The second-order valence-electron chi connectivity index (χ2n) is 4.30. The molecule has 0 bridgehead atoms. The van der Waals surface area contributed by atoms with E-state index in [0.717, 1.165) is 18.0 Å². The van der Waals surface area contributed by atoms with E-state index in [9.17, 15) is 4.79 Å². The Morgan fingerprint density at radius 1 is 1.39 bits per heavy atom. The number of amides is 1. The highest BCUT2D eigenvalue weighted by Crippen LogP contribution is 2.44. The molecule has 1 aromatic rings. The van der Waals surface area contributed by atoms with E-state index in [2.05, 4.69) is 11.8 Å². The molecule has 0 spiro atoms. The molecule has 1 heterocycles. The minimum atomic E-state index is -0.0908. The normalized spacial score (nSPS) is 10.3. The van der Waals surface area contributed by atoms with Crippen molar-refractivity contribution in [3.8, 4) is 5.75 Å². The Morgan fingerprint density at radius 2 is 2.00 bits per heavy atom. The van der Waals surface area contributed by atoms with Gasteiger partial charge in [-0.25, -0.2) is 0 Å². The van der Waals surface area contributed by atoms with Gasteiger partial charge in [-0.05, 0) is 6.42 Å². The summed E-state index contributed by atoms with van der Waals surface area (Å²) >= 11 is 1.38. The summed E-state index contributed by atoms with van der Waals surface area (Å²) in [5, 5.41) is 0.905. The number of ether oxygens (including phenoxy) is 1. The van der Waals surface area contributed by atoms with Gasteiger partial charge in [0.15, 0.2) is 5.75 Å². The maximum atomic E-state index is 12.0. The molecule has 0 aliphatic heterocycles. The molecule has 5 nitrogen and oxygen atoms in total. The van der Waals surface area contributed by atoms with Crippen LogP contribution in [0, 0.1) is 0 Å². The smallest absolute Gasteiger partial charge is 0.265 e. The zero-order chi connectivity index (χ0) is 13.9. The van der Waals surface area contributed by atoms with E-state index >= 15 is 0 Å². The van der Waals surface area contributed by atoms with E-state index in [1.165, 1.54) is 16.2 Å². The average Bonchev–Trinajstić information content (AvgIpc) is 2.65. The number of methoxy groups -OCH3 is 1. The van der Waals surface area contributed by atoms with Crippen LogP contribution in [0.5, 0.6) is 5.75 Å². The predicted molar refractivity (Wildman–Crippen MR) is 76.9 cm³/mol. The SMILES string of the molecule is CCCN(C)c1sc(C(=O)N(C)C)c(N)c1OC. The van der Waals surface area contributed by atoms with Crippen molar-refractivity contribution in [1.29, 1.82) is 0 Å². The van der Waals surface area contributed by atoms with Crippen molar-refractivity contribution in [3.05, 3.63) is 4.88 Å². The zero-order valence-corrected chi connectivity index (χ0v) is 12.4. The first kappa shape index (κ1) is 14.6. The number of thiophene rings is 1. The molecule has 6 heteroatoms. The van der Waals surface area contributed by atoms with Crippen LogP contribution < -0.4 is 15.4 Å². The van der Waals surface area contributed by atoms with Crippen LogP contribution in [0.1, 0.15) is 23.0 Å². The van der Waals surface area contributed by atoms with Crippen molar-refractivity contribution in [2.75, 3.05) is 45.4 Å². The predicted octanol–water partition coefficient (Wildman–Crippen LogP) is 1.89. The van der Waals surface area contributed by atoms with Gasteiger partial charge in [0, 0.05) is 27.7 Å². The van der Waals surface area contributed by atoms with E-state index in [-0.39, 0.29) is 5.91 Å². The zero-order valence-electron chi connectivity index (χ0n) is 11.6. The van der Waals surface area contributed by atoms with Crippen LogP contribution in [0.3, 0.4) is 0 Å². The fourth-order valence-corrected chi connectivity index (χ4v) is 2.86. The van der Waals surface area contributed by atoms with Crippen LogP contribution in [0.2, 0.25) is 0 Å². The molecular weight excluding hydrogens is 250 g/mol. The molecule has 102 valence electrons. The molecule has 1 rings (SSSR count). The third-order valence-electron chi connectivity index (χ3n) is 2.59. The third kappa shape index (κ3) is 2.69. The topological polar surface area (TPSA) is 58.8 Å². The fraction of sp³-hybridized carbons (Fsp3) is 0.583. The van der Waals surface area contributed by atoms with Crippen LogP contribution in [0.25, 0.3) is 0 Å². The summed E-state index contributed by atoms with van der Waals surface area (Å²) in [4.78, 5) is 16.1. The number of hydrogen-bond donors (Lipinski definition) is 1. The summed E-state index contributed by atoms with van der Waals surface area (Å²) in [6, 6.07) is 0. The van der Waals surface area contributed by atoms with Gasteiger partial charge in [0.05, 0.1) is 7.11 Å². The molecule has 0 aliphatic rings. The van der Waals surface area contributed by atoms with Crippen molar-refractivity contribution < 1.29 is 9.53 Å². The second-order valence-corrected chi connectivity index (χ2v) is 5.30. The van der Waals surface area contributed by atoms with Crippen molar-refractivity contribution in [2.45, 2.75) is 13.3 Å². The molecule has 1 aromatic heterocycles. The quantitative estimate of drug-likeness (QED) is 0.888. The lowest BCUT2D eigenvalue weighted by atomic mass is 10.3. The number of rotatable bonds is 5. The number of nitrogens with two attached hydrogens (primary N) is 1. The summed E-state index contributed by atoms with van der Waals surface area (Å²) in [5.41, 5.74) is 6.43. The molecule has 0 atom stereocenters. The highest BCUT2D eigenvalue weighted by molar-refractivity contribution is 7.19. The Hall–Kier alpha value is -1.43. The first-order valence-electron chi connectivity index (χ1n) is 5.83. The van der Waals surface area contributed by atoms with Gasteiger partial charge in [-0.15, -0.1) is 11.3 Å². The summed E-state index contributed by atoms with van der Waals surface area (Å²) in [5.74, 6) is 0.507. The highest BCUT2D eigenvalue weighted by Gasteiger charge is 2.24. The second kappa shape index (κ2) is 5.95. The van der Waals surface area contributed by atoms with Gasteiger partial charge in [-0.2, -0.15) is 0 Å². The van der Waals surface area contributed by atoms with E-state index in [1.807, 2.05) is 7.05 Å². The summed E-state index contributed by atoms with van der Waals surface area (Å²) in [6.45, 7) is 3.00. The summed E-state index contributed by atoms with van der Waals surface area (Å²) in [6.07, 6.45) is 1.02. The van der Waals surface area contributed by atoms with Gasteiger partial charge in [0.1, 0.15) is 15.6 Å². The lowest BCUT2D eigenvalue weighted by Gasteiger charge is -2.17. The third-order valence-corrected chi connectivity index (χ3v) is 3.88. The molecule has 0 radical (unpaired) electrons. The van der Waals surface area contributed by atoms with E-state index in [0.29, 0.717) is 16.3 Å². The minimum absolute atomic E-state index is 0.0908. The molecule has 0 aromatic carbocycles. The van der Waals surface area contributed by atoms with Crippen molar-refractivity contribution in [1.82, 2.24) is 4.90 Å². The molecule has 1 amide bonds. The van der Waals surface area contributed by atoms with Crippen LogP contribution >= 0.6 is 11.3 Å². The van der Waals surface area contributed by atoms with E-state index in [4.69, 9.17) is 10.5 Å². The van der Waals surface area contributed by atoms with E-state index < -0.39 is 0 Å². The Bertz CT molecular complexity index is 429. The van der Waals surface area contributed by atoms with Crippen molar-refractivity contribution >= 4 is 27.9 Å². The van der Waals surface area contributed by atoms with Crippen LogP contribution in [0.15, 0.2) is 0 Å². The van der Waals surface area contributed by atoms with Crippen LogP contribution in [-0.4, -0.2) is 45.6 Å². The standard InChI is InChI=1S/C12H21N3O2S/c1-6-7-15(4)12-9(17-5)8(13)10(18-12)11(16)14(2)3/h6-7,13H2,1-5H3. The first-order valence-corrected chi connectivity index (χ1v) is 6.64. The molecule has 2 N–H and O–H groups in total. The Labute approximate surface area is 112 Å². The molecule has 18 heavy (non-hydrogen) atoms. The Morgan fingerprint density at radius 3 is 2.44 bits per heavy atom. The molecule has 0 saturated heterocycles. The molecule has 0 aliphatic carbocycles.